The molecule has 0 aliphatic rings. The fourth-order valence-corrected chi connectivity index (χ4v) is 3.51. The van der Waals surface area contributed by atoms with Crippen molar-refractivity contribution >= 4 is 33.7 Å². The fraction of sp³-hybridized carbons (Fsp3) is 0.462. The number of aromatic nitrogens is 2. The molecule has 0 saturated carbocycles. The number of nitrogens with zero attached hydrogens (tertiary/aromatic N) is 2. The van der Waals surface area contributed by atoms with Crippen LogP contribution in [-0.2, 0) is 11.2 Å². The molecule has 0 aromatic carbocycles. The molecule has 1 N–H and O–H groups in total. The van der Waals surface area contributed by atoms with E-state index in [9.17, 15) is 4.79 Å². The molecule has 0 aliphatic carbocycles. The summed E-state index contributed by atoms with van der Waals surface area (Å²) in [5, 5.41) is 4.60. The van der Waals surface area contributed by atoms with E-state index in [1.54, 1.807) is 11.3 Å². The van der Waals surface area contributed by atoms with Crippen molar-refractivity contribution in [1.29, 1.82) is 0 Å². The van der Waals surface area contributed by atoms with Gasteiger partial charge in [0, 0.05) is 16.2 Å². The number of amides is 1. The van der Waals surface area contributed by atoms with E-state index in [4.69, 9.17) is 0 Å². The smallest absolute Gasteiger partial charge is 0.226 e. The summed E-state index contributed by atoms with van der Waals surface area (Å²) in [6.07, 6.45) is 1.21. The first-order chi connectivity index (χ1) is 8.95. The molecule has 2 heterocycles. The first kappa shape index (κ1) is 14.1. The summed E-state index contributed by atoms with van der Waals surface area (Å²) in [6, 6.07) is 0. The minimum atomic E-state index is 0.0132. The van der Waals surface area contributed by atoms with Crippen LogP contribution >= 0.6 is 22.7 Å². The van der Waals surface area contributed by atoms with Crippen molar-refractivity contribution in [2.45, 2.75) is 40.5 Å². The maximum atomic E-state index is 11.9. The van der Waals surface area contributed by atoms with E-state index in [2.05, 4.69) is 15.3 Å². The van der Waals surface area contributed by atoms with E-state index in [0.29, 0.717) is 11.6 Å². The molecule has 19 heavy (non-hydrogen) atoms. The van der Waals surface area contributed by atoms with Crippen molar-refractivity contribution in [3.8, 4) is 0 Å². The topological polar surface area (TPSA) is 54.9 Å². The zero-order valence-electron chi connectivity index (χ0n) is 11.5. The summed E-state index contributed by atoms with van der Waals surface area (Å²) in [7, 11) is 0. The van der Waals surface area contributed by atoms with Gasteiger partial charge < -0.3 is 5.32 Å². The summed E-state index contributed by atoms with van der Waals surface area (Å²) in [5.74, 6) is 0.0132. The molecule has 2 aromatic heterocycles. The average Bonchev–Trinajstić information content (AvgIpc) is 2.79. The highest BCUT2D eigenvalue weighted by Gasteiger charge is 2.10. The Bertz CT molecular complexity index is 582. The normalized spacial score (nSPS) is 10.7. The highest BCUT2D eigenvalue weighted by molar-refractivity contribution is 7.15. The molecule has 102 valence electrons. The number of carbonyl (C=O) groups excluding carboxylic acids is 1. The van der Waals surface area contributed by atoms with E-state index in [0.717, 1.165) is 27.7 Å². The highest BCUT2D eigenvalue weighted by Crippen LogP contribution is 2.22. The van der Waals surface area contributed by atoms with Crippen LogP contribution in [0.2, 0.25) is 0 Å². The molecule has 0 aliphatic heterocycles. The molecule has 0 unspecified atom stereocenters. The summed E-state index contributed by atoms with van der Waals surface area (Å²) in [6.45, 7) is 7.93. The maximum absolute atomic E-state index is 11.9. The molecule has 0 fully saturated rings. The van der Waals surface area contributed by atoms with E-state index >= 15 is 0 Å². The molecule has 2 aromatic rings. The Balaban J connectivity index is 1.90. The highest BCUT2D eigenvalue weighted by atomic mass is 32.1. The van der Waals surface area contributed by atoms with E-state index in [1.165, 1.54) is 16.2 Å². The van der Waals surface area contributed by atoms with Crippen LogP contribution in [-0.4, -0.2) is 15.9 Å². The van der Waals surface area contributed by atoms with Crippen LogP contribution in [0.3, 0.4) is 0 Å². The van der Waals surface area contributed by atoms with Crippen molar-refractivity contribution < 1.29 is 4.79 Å². The lowest BCUT2D eigenvalue weighted by atomic mass is 10.2. The molecular weight excluding hydrogens is 278 g/mol. The molecule has 4 nitrogen and oxygen atoms in total. The predicted octanol–water partition coefficient (Wildman–Crippen LogP) is 3.40. The van der Waals surface area contributed by atoms with Gasteiger partial charge in [-0.25, -0.2) is 9.97 Å². The van der Waals surface area contributed by atoms with Gasteiger partial charge in [-0.15, -0.1) is 22.7 Å². The van der Waals surface area contributed by atoms with Gasteiger partial charge in [-0.1, -0.05) is 0 Å². The second-order valence-electron chi connectivity index (χ2n) is 4.45. The second-order valence-corrected chi connectivity index (χ2v) is 6.94. The quantitative estimate of drug-likeness (QED) is 0.940. The number of carbonyl (C=O) groups is 1. The van der Waals surface area contributed by atoms with Crippen LogP contribution < -0.4 is 5.32 Å². The van der Waals surface area contributed by atoms with Gasteiger partial charge in [-0.05, 0) is 34.1 Å². The van der Waals surface area contributed by atoms with E-state index in [-0.39, 0.29) is 5.91 Å². The van der Waals surface area contributed by atoms with Gasteiger partial charge in [0.05, 0.1) is 16.4 Å². The summed E-state index contributed by atoms with van der Waals surface area (Å²) < 4.78 is 0. The Morgan fingerprint density at radius 3 is 2.37 bits per heavy atom. The van der Waals surface area contributed by atoms with Crippen LogP contribution in [0.25, 0.3) is 0 Å². The summed E-state index contributed by atoms with van der Waals surface area (Å²) in [5.41, 5.74) is 2.02. The fourth-order valence-electron chi connectivity index (χ4n) is 1.74. The molecule has 0 radical (unpaired) electrons. The van der Waals surface area contributed by atoms with Crippen LogP contribution in [0, 0.1) is 27.7 Å². The largest absolute Gasteiger partial charge is 0.302 e. The standard InChI is InChI=1S/C13H17N3OS2/c1-7-9(3)18-13(15-7)16-12(17)6-5-11-8(2)14-10(4)19-11/h5-6H2,1-4H3,(H,15,16,17). The zero-order chi connectivity index (χ0) is 14.0. The minimum Gasteiger partial charge on any atom is -0.302 e. The van der Waals surface area contributed by atoms with Gasteiger partial charge in [0.1, 0.15) is 0 Å². The number of aryl methyl sites for hydroxylation is 5. The van der Waals surface area contributed by atoms with Gasteiger partial charge in [0.15, 0.2) is 5.13 Å². The van der Waals surface area contributed by atoms with Crippen molar-refractivity contribution in [1.82, 2.24) is 9.97 Å². The minimum absolute atomic E-state index is 0.0132. The zero-order valence-corrected chi connectivity index (χ0v) is 13.2. The first-order valence-electron chi connectivity index (χ1n) is 6.12. The second kappa shape index (κ2) is 5.79. The third-order valence-electron chi connectivity index (χ3n) is 2.85. The lowest BCUT2D eigenvalue weighted by molar-refractivity contribution is -0.116. The third kappa shape index (κ3) is 3.61. The van der Waals surface area contributed by atoms with Crippen molar-refractivity contribution in [2.75, 3.05) is 5.32 Å². The lowest BCUT2D eigenvalue weighted by Crippen LogP contribution is -2.12. The van der Waals surface area contributed by atoms with Crippen LogP contribution in [0.1, 0.15) is 32.6 Å². The molecule has 6 heteroatoms. The number of thiazole rings is 2. The van der Waals surface area contributed by atoms with Gasteiger partial charge in [0.25, 0.3) is 0 Å². The SMILES string of the molecule is Cc1nc(C)c(CCC(=O)Nc2nc(C)c(C)s2)s1. The molecule has 0 atom stereocenters. The molecule has 0 spiro atoms. The lowest BCUT2D eigenvalue weighted by Gasteiger charge is -2.00. The summed E-state index contributed by atoms with van der Waals surface area (Å²) in [4.78, 5) is 22.9. The van der Waals surface area contributed by atoms with Gasteiger partial charge in [0.2, 0.25) is 5.91 Å². The van der Waals surface area contributed by atoms with Crippen LogP contribution in [0.15, 0.2) is 0 Å². The first-order valence-corrected chi connectivity index (χ1v) is 7.76. The number of hydrogen-bond acceptors (Lipinski definition) is 5. The van der Waals surface area contributed by atoms with Gasteiger partial charge in [-0.3, -0.25) is 4.79 Å². The van der Waals surface area contributed by atoms with Crippen molar-refractivity contribution in [3.63, 3.8) is 0 Å². The Hall–Kier alpha value is -1.27. The number of nitrogens with one attached hydrogen (secondary N) is 1. The van der Waals surface area contributed by atoms with Crippen LogP contribution in [0.4, 0.5) is 5.13 Å². The molecular formula is C13H17N3OS2. The average molecular weight is 295 g/mol. The molecule has 1 amide bonds. The Kier molecular flexibility index (Phi) is 4.31. The van der Waals surface area contributed by atoms with Crippen molar-refractivity contribution in [2.24, 2.45) is 0 Å². The Morgan fingerprint density at radius 1 is 1.11 bits per heavy atom. The van der Waals surface area contributed by atoms with E-state index < -0.39 is 0 Å². The van der Waals surface area contributed by atoms with E-state index in [1.807, 2.05) is 27.7 Å². The summed E-state index contributed by atoms with van der Waals surface area (Å²) >= 11 is 3.18. The Morgan fingerprint density at radius 2 is 1.84 bits per heavy atom. The monoisotopic (exact) mass is 295 g/mol. The van der Waals surface area contributed by atoms with Gasteiger partial charge in [-0.2, -0.15) is 0 Å². The maximum Gasteiger partial charge on any atom is 0.226 e. The van der Waals surface area contributed by atoms with Gasteiger partial charge >= 0.3 is 0 Å². The molecule has 0 saturated heterocycles. The third-order valence-corrected chi connectivity index (χ3v) is 4.97. The number of anilines is 1. The number of rotatable bonds is 4. The molecule has 2 rings (SSSR count). The van der Waals surface area contributed by atoms with Crippen molar-refractivity contribution in [3.05, 3.63) is 26.1 Å². The molecule has 0 bridgehead atoms. The predicted molar refractivity (Wildman–Crippen MR) is 80.1 cm³/mol. The Labute approximate surface area is 120 Å². The number of hydrogen-bond donors (Lipinski definition) is 1. The van der Waals surface area contributed by atoms with Crippen LogP contribution in [0.5, 0.6) is 0 Å².